The first-order valence-electron chi connectivity index (χ1n) is 5.59. The van der Waals surface area contributed by atoms with Gasteiger partial charge in [-0.15, -0.1) is 0 Å². The van der Waals surface area contributed by atoms with Crippen LogP contribution in [0.1, 0.15) is 5.56 Å². The van der Waals surface area contributed by atoms with E-state index < -0.39 is 15.9 Å². The first-order chi connectivity index (χ1) is 9.43. The van der Waals surface area contributed by atoms with Gasteiger partial charge in [-0.3, -0.25) is 4.79 Å². The number of nitrogens with one attached hydrogen (secondary N) is 1. The molecule has 1 aromatic rings. The third-order valence-corrected chi connectivity index (χ3v) is 3.07. The summed E-state index contributed by atoms with van der Waals surface area (Å²) < 4.78 is 22.1. The molecular formula is C11H15N3O5S. The Morgan fingerprint density at radius 1 is 1.40 bits per heavy atom. The molecule has 0 aromatic heterocycles. The third kappa shape index (κ3) is 5.78. The molecule has 0 bridgehead atoms. The highest BCUT2D eigenvalue weighted by Crippen LogP contribution is 2.09. The van der Waals surface area contributed by atoms with Crippen molar-refractivity contribution in [2.24, 2.45) is 10.3 Å². The lowest BCUT2D eigenvalue weighted by Gasteiger charge is -2.02. The highest BCUT2D eigenvalue weighted by molar-refractivity contribution is 7.89. The third-order valence-electron chi connectivity index (χ3n) is 2.14. The number of primary sulfonamides is 1. The van der Waals surface area contributed by atoms with Gasteiger partial charge in [0.05, 0.1) is 11.5 Å². The Bertz CT molecular complexity index is 568. The predicted octanol–water partition coefficient (Wildman–Crippen LogP) is -1.06. The summed E-state index contributed by atoms with van der Waals surface area (Å²) in [5, 5.41) is 19.2. The van der Waals surface area contributed by atoms with E-state index in [1.807, 2.05) is 0 Å². The van der Waals surface area contributed by atoms with Gasteiger partial charge in [0.15, 0.2) is 0 Å². The van der Waals surface area contributed by atoms with Crippen molar-refractivity contribution in [3.05, 3.63) is 29.8 Å². The van der Waals surface area contributed by atoms with Crippen molar-refractivity contribution in [3.8, 4) is 0 Å². The van der Waals surface area contributed by atoms with E-state index in [0.29, 0.717) is 5.56 Å². The van der Waals surface area contributed by atoms with Gasteiger partial charge in [0.1, 0.15) is 12.8 Å². The van der Waals surface area contributed by atoms with E-state index in [-0.39, 0.29) is 24.7 Å². The number of amides is 1. The minimum absolute atomic E-state index is 0.00753. The molecule has 0 heterocycles. The zero-order valence-corrected chi connectivity index (χ0v) is 11.3. The number of hydrogen-bond donors (Lipinski definition) is 3. The van der Waals surface area contributed by atoms with Crippen LogP contribution >= 0.6 is 0 Å². The molecule has 0 unspecified atom stereocenters. The van der Waals surface area contributed by atoms with E-state index in [2.05, 4.69) is 10.5 Å². The molecule has 0 saturated carbocycles. The van der Waals surface area contributed by atoms with E-state index in [1.54, 1.807) is 0 Å². The molecule has 0 spiro atoms. The molecule has 9 heteroatoms. The van der Waals surface area contributed by atoms with Crippen molar-refractivity contribution in [1.29, 1.82) is 0 Å². The Balaban J connectivity index is 2.43. The minimum Gasteiger partial charge on any atom is -0.395 e. The lowest BCUT2D eigenvalue weighted by atomic mass is 10.2. The molecule has 8 nitrogen and oxygen atoms in total. The van der Waals surface area contributed by atoms with Crippen molar-refractivity contribution in [2.45, 2.75) is 11.5 Å². The quantitative estimate of drug-likeness (QED) is 0.436. The number of aliphatic hydroxyl groups is 1. The van der Waals surface area contributed by atoms with Crippen LogP contribution in [0.15, 0.2) is 34.3 Å². The smallest absolute Gasteiger partial charge is 0.265 e. The Morgan fingerprint density at radius 2 is 2.05 bits per heavy atom. The van der Waals surface area contributed by atoms with Crippen LogP contribution in [0.5, 0.6) is 0 Å². The lowest BCUT2D eigenvalue weighted by molar-refractivity contribution is -0.114. The largest absolute Gasteiger partial charge is 0.395 e. The molecule has 0 aliphatic carbocycles. The van der Waals surface area contributed by atoms with Crippen LogP contribution in [0, 0.1) is 0 Å². The molecular weight excluding hydrogens is 286 g/mol. The predicted molar refractivity (Wildman–Crippen MR) is 71.2 cm³/mol. The van der Waals surface area contributed by atoms with Crippen LogP contribution in [-0.2, 0) is 26.3 Å². The van der Waals surface area contributed by atoms with E-state index >= 15 is 0 Å². The fourth-order valence-electron chi connectivity index (χ4n) is 1.20. The molecule has 1 amide bonds. The Morgan fingerprint density at radius 3 is 2.60 bits per heavy atom. The van der Waals surface area contributed by atoms with E-state index in [1.165, 1.54) is 24.3 Å². The number of sulfonamides is 1. The van der Waals surface area contributed by atoms with Crippen molar-refractivity contribution in [2.75, 3.05) is 13.2 Å². The summed E-state index contributed by atoms with van der Waals surface area (Å²) in [5.41, 5.74) is 0.672. The highest BCUT2D eigenvalue weighted by Gasteiger charge is 2.06. The van der Waals surface area contributed by atoms with Crippen molar-refractivity contribution >= 4 is 22.1 Å². The summed E-state index contributed by atoms with van der Waals surface area (Å²) in [4.78, 5) is 15.9. The number of carbonyl (C=O) groups excluding carboxylic acids is 1. The molecule has 0 aliphatic rings. The van der Waals surface area contributed by atoms with Crippen LogP contribution in [0.25, 0.3) is 0 Å². The van der Waals surface area contributed by atoms with Crippen LogP contribution < -0.4 is 10.5 Å². The monoisotopic (exact) mass is 301 g/mol. The maximum absolute atomic E-state index is 11.0. The number of rotatable bonds is 7. The van der Waals surface area contributed by atoms with Crippen molar-refractivity contribution in [3.63, 3.8) is 0 Å². The number of benzene rings is 1. The summed E-state index contributed by atoms with van der Waals surface area (Å²) in [6, 6.07) is 5.76. The number of hydrogen-bond acceptors (Lipinski definition) is 6. The summed E-state index contributed by atoms with van der Waals surface area (Å²) >= 11 is 0. The second-order valence-corrected chi connectivity index (χ2v) is 5.27. The molecule has 0 aliphatic heterocycles. The van der Waals surface area contributed by atoms with Gasteiger partial charge in [0.25, 0.3) is 5.91 Å². The summed E-state index contributed by atoms with van der Waals surface area (Å²) in [6.45, 7) is 0.0609. The first kappa shape index (κ1) is 16.1. The van der Waals surface area contributed by atoms with E-state index in [0.717, 1.165) is 6.21 Å². The molecule has 1 aromatic carbocycles. The fraction of sp³-hybridized carbons (Fsp3) is 0.273. The van der Waals surface area contributed by atoms with Gasteiger partial charge in [0.2, 0.25) is 10.0 Å². The summed E-state index contributed by atoms with van der Waals surface area (Å²) in [5.74, 6) is -0.483. The van der Waals surface area contributed by atoms with E-state index in [9.17, 15) is 13.2 Å². The number of aliphatic hydroxyl groups excluding tert-OH is 1. The highest BCUT2D eigenvalue weighted by atomic mass is 32.2. The number of nitrogens with two attached hydrogens (primary N) is 1. The molecule has 0 atom stereocenters. The average Bonchev–Trinajstić information content (AvgIpc) is 2.41. The number of oxime groups is 1. The van der Waals surface area contributed by atoms with Crippen molar-refractivity contribution < 1.29 is 23.2 Å². The summed E-state index contributed by atoms with van der Waals surface area (Å²) in [7, 11) is -3.71. The van der Waals surface area contributed by atoms with Crippen LogP contribution in [0.4, 0.5) is 0 Å². The maximum atomic E-state index is 11.0. The fourth-order valence-corrected chi connectivity index (χ4v) is 1.71. The maximum Gasteiger partial charge on any atom is 0.265 e. The standard InChI is InChI=1S/C11H15N3O5S/c12-20(17,18)10-3-1-9(2-4-10)8-19-14-7-11(16)13-5-6-15/h1-4,7,15H,5-6,8H2,(H,13,16)(H2,12,17,18)/b14-7+. The minimum atomic E-state index is -3.71. The van der Waals surface area contributed by atoms with Gasteiger partial charge in [-0.05, 0) is 17.7 Å². The lowest BCUT2D eigenvalue weighted by Crippen LogP contribution is -2.27. The Labute approximate surface area is 116 Å². The molecule has 0 saturated heterocycles. The van der Waals surface area contributed by atoms with Gasteiger partial charge in [-0.1, -0.05) is 17.3 Å². The normalized spacial score (nSPS) is 11.5. The number of nitrogens with zero attached hydrogens (tertiary/aromatic N) is 1. The van der Waals surface area contributed by atoms with Gasteiger partial charge in [-0.2, -0.15) is 0 Å². The van der Waals surface area contributed by atoms with Crippen molar-refractivity contribution in [1.82, 2.24) is 5.32 Å². The van der Waals surface area contributed by atoms with Gasteiger partial charge >= 0.3 is 0 Å². The topological polar surface area (TPSA) is 131 Å². The Hall–Kier alpha value is -1.97. The molecule has 0 radical (unpaired) electrons. The SMILES string of the molecule is NS(=O)(=O)c1ccc(CO/N=C/C(=O)NCCO)cc1. The van der Waals surface area contributed by atoms with E-state index in [4.69, 9.17) is 15.1 Å². The molecule has 110 valence electrons. The van der Waals surface area contributed by atoms with Crippen LogP contribution in [0.2, 0.25) is 0 Å². The van der Waals surface area contributed by atoms with Gasteiger partial charge in [0, 0.05) is 6.54 Å². The van der Waals surface area contributed by atoms with Crippen LogP contribution in [-0.4, -0.2) is 38.8 Å². The average molecular weight is 301 g/mol. The second-order valence-electron chi connectivity index (χ2n) is 3.71. The number of carbonyl (C=O) groups is 1. The Kier molecular flexibility index (Phi) is 6.10. The molecule has 20 heavy (non-hydrogen) atoms. The zero-order chi connectivity index (χ0) is 15.0. The van der Waals surface area contributed by atoms with Gasteiger partial charge < -0.3 is 15.3 Å². The molecule has 0 fully saturated rings. The first-order valence-corrected chi connectivity index (χ1v) is 7.14. The van der Waals surface area contributed by atoms with Gasteiger partial charge in [-0.25, -0.2) is 13.6 Å². The second kappa shape index (κ2) is 7.58. The summed E-state index contributed by atoms with van der Waals surface area (Å²) in [6.07, 6.45) is 0.939. The molecule has 4 N–H and O–H groups in total. The molecule has 1 rings (SSSR count). The zero-order valence-electron chi connectivity index (χ0n) is 10.5. The van der Waals surface area contributed by atoms with Crippen LogP contribution in [0.3, 0.4) is 0 Å².